The Bertz CT molecular complexity index is 878. The van der Waals surface area contributed by atoms with Crippen LogP contribution in [0, 0.1) is 6.92 Å². The molecule has 0 aliphatic rings. The first kappa shape index (κ1) is 16.5. The van der Waals surface area contributed by atoms with Gasteiger partial charge in [0.15, 0.2) is 5.69 Å². The normalized spacial score (nSPS) is 10.6. The van der Waals surface area contributed by atoms with E-state index in [2.05, 4.69) is 15.6 Å². The number of hydrogen-bond donors (Lipinski definition) is 1. The van der Waals surface area contributed by atoms with Crippen LogP contribution in [0.1, 0.15) is 21.7 Å². The van der Waals surface area contributed by atoms with Crippen LogP contribution in [0.2, 0.25) is 10.0 Å². The van der Waals surface area contributed by atoms with Crippen molar-refractivity contribution in [3.63, 3.8) is 0 Å². The first-order chi connectivity index (χ1) is 11.5. The SMILES string of the molecule is Cc1c(C(=O)Nc2ccc(Cl)cc2Cl)nnn1Cc1ccccc1. The molecule has 0 radical (unpaired) electrons. The highest BCUT2D eigenvalue weighted by Gasteiger charge is 2.17. The minimum absolute atomic E-state index is 0.261. The van der Waals surface area contributed by atoms with Crippen molar-refractivity contribution >= 4 is 34.8 Å². The van der Waals surface area contributed by atoms with Crippen LogP contribution in [0.15, 0.2) is 48.5 Å². The maximum absolute atomic E-state index is 12.4. The molecule has 0 fully saturated rings. The van der Waals surface area contributed by atoms with Gasteiger partial charge in [-0.25, -0.2) is 4.68 Å². The van der Waals surface area contributed by atoms with Gasteiger partial charge in [-0.05, 0) is 30.7 Å². The molecule has 0 aliphatic heterocycles. The predicted molar refractivity (Wildman–Crippen MR) is 94.7 cm³/mol. The predicted octanol–water partition coefficient (Wildman–Crippen LogP) is 4.19. The second-order valence-corrected chi connectivity index (χ2v) is 6.09. The van der Waals surface area contributed by atoms with E-state index in [1.165, 1.54) is 0 Å². The largest absolute Gasteiger partial charge is 0.319 e. The molecule has 24 heavy (non-hydrogen) atoms. The quantitative estimate of drug-likeness (QED) is 0.758. The molecule has 0 saturated heterocycles. The highest BCUT2D eigenvalue weighted by Crippen LogP contribution is 2.25. The highest BCUT2D eigenvalue weighted by atomic mass is 35.5. The maximum atomic E-state index is 12.4. The Morgan fingerprint density at radius 3 is 2.62 bits per heavy atom. The molecular formula is C17H14Cl2N4O. The van der Waals surface area contributed by atoms with Crippen LogP contribution in [0.4, 0.5) is 5.69 Å². The van der Waals surface area contributed by atoms with Crippen molar-refractivity contribution in [3.8, 4) is 0 Å². The lowest BCUT2D eigenvalue weighted by Crippen LogP contribution is -2.14. The number of halogens is 2. The summed E-state index contributed by atoms with van der Waals surface area (Å²) in [6.07, 6.45) is 0. The fourth-order valence-corrected chi connectivity index (χ4v) is 2.70. The molecule has 1 aromatic heterocycles. The van der Waals surface area contributed by atoms with Gasteiger partial charge in [0.2, 0.25) is 0 Å². The lowest BCUT2D eigenvalue weighted by molar-refractivity contribution is 0.102. The Morgan fingerprint density at radius 2 is 1.92 bits per heavy atom. The molecule has 0 atom stereocenters. The van der Waals surface area contributed by atoms with E-state index < -0.39 is 0 Å². The standard InChI is InChI=1S/C17H14Cl2N4O/c1-11-16(17(24)20-15-8-7-13(18)9-14(15)19)21-22-23(11)10-12-5-3-2-4-6-12/h2-9H,10H2,1H3,(H,20,24). The van der Waals surface area contributed by atoms with Crippen molar-refractivity contribution in [1.82, 2.24) is 15.0 Å². The average Bonchev–Trinajstić information content (AvgIpc) is 2.92. The molecule has 0 bridgehead atoms. The lowest BCUT2D eigenvalue weighted by atomic mass is 10.2. The Morgan fingerprint density at radius 1 is 1.17 bits per heavy atom. The van der Waals surface area contributed by atoms with Crippen LogP contribution < -0.4 is 5.32 Å². The van der Waals surface area contributed by atoms with Gasteiger partial charge in [0.05, 0.1) is 22.9 Å². The van der Waals surface area contributed by atoms with Gasteiger partial charge in [-0.2, -0.15) is 0 Å². The number of carbonyl (C=O) groups is 1. The molecule has 2 aromatic carbocycles. The minimum Gasteiger partial charge on any atom is -0.319 e. The molecule has 3 rings (SSSR count). The number of aromatic nitrogens is 3. The monoisotopic (exact) mass is 360 g/mol. The van der Waals surface area contributed by atoms with Crippen LogP contribution in [0.5, 0.6) is 0 Å². The third kappa shape index (κ3) is 3.58. The van der Waals surface area contributed by atoms with Crippen LogP contribution in [-0.2, 0) is 6.54 Å². The minimum atomic E-state index is -0.365. The number of nitrogens with zero attached hydrogens (tertiary/aromatic N) is 3. The van der Waals surface area contributed by atoms with Gasteiger partial charge >= 0.3 is 0 Å². The van der Waals surface area contributed by atoms with Gasteiger partial charge in [0.1, 0.15) is 0 Å². The summed E-state index contributed by atoms with van der Waals surface area (Å²) in [4.78, 5) is 12.4. The molecule has 0 unspecified atom stereocenters. The molecule has 3 aromatic rings. The Balaban J connectivity index is 1.78. The van der Waals surface area contributed by atoms with Crippen LogP contribution in [-0.4, -0.2) is 20.9 Å². The summed E-state index contributed by atoms with van der Waals surface area (Å²) in [7, 11) is 0. The number of anilines is 1. The summed E-state index contributed by atoms with van der Waals surface area (Å²) in [5, 5.41) is 11.6. The molecule has 0 saturated carbocycles. The summed E-state index contributed by atoms with van der Waals surface area (Å²) in [6, 6.07) is 14.7. The maximum Gasteiger partial charge on any atom is 0.278 e. The van der Waals surface area contributed by atoms with Gasteiger partial charge < -0.3 is 5.32 Å². The van der Waals surface area contributed by atoms with E-state index in [1.807, 2.05) is 30.3 Å². The molecule has 7 heteroatoms. The van der Waals surface area contributed by atoms with E-state index in [9.17, 15) is 4.79 Å². The average molecular weight is 361 g/mol. The Hall–Kier alpha value is -2.37. The molecule has 5 nitrogen and oxygen atoms in total. The van der Waals surface area contributed by atoms with Gasteiger partial charge in [-0.1, -0.05) is 58.7 Å². The van der Waals surface area contributed by atoms with Crippen molar-refractivity contribution in [1.29, 1.82) is 0 Å². The van der Waals surface area contributed by atoms with Crippen molar-refractivity contribution in [2.24, 2.45) is 0 Å². The molecule has 1 N–H and O–H groups in total. The Kier molecular flexibility index (Phi) is 4.83. The van der Waals surface area contributed by atoms with E-state index in [4.69, 9.17) is 23.2 Å². The van der Waals surface area contributed by atoms with Crippen LogP contribution >= 0.6 is 23.2 Å². The van der Waals surface area contributed by atoms with E-state index in [-0.39, 0.29) is 11.6 Å². The first-order valence-corrected chi connectivity index (χ1v) is 8.00. The molecule has 0 spiro atoms. The number of hydrogen-bond acceptors (Lipinski definition) is 3. The summed E-state index contributed by atoms with van der Waals surface area (Å²) < 4.78 is 1.69. The third-order valence-corrected chi connectivity index (χ3v) is 4.10. The lowest BCUT2D eigenvalue weighted by Gasteiger charge is -2.07. The Labute approximate surface area is 149 Å². The topological polar surface area (TPSA) is 59.8 Å². The second-order valence-electron chi connectivity index (χ2n) is 5.24. The zero-order valence-electron chi connectivity index (χ0n) is 12.8. The van der Waals surface area contributed by atoms with Crippen molar-refractivity contribution < 1.29 is 4.79 Å². The fraction of sp³-hybridized carbons (Fsp3) is 0.118. The molecule has 1 amide bonds. The highest BCUT2D eigenvalue weighted by molar-refractivity contribution is 6.36. The second kappa shape index (κ2) is 7.03. The summed E-state index contributed by atoms with van der Waals surface area (Å²) in [5.41, 5.74) is 2.50. The molecule has 122 valence electrons. The van der Waals surface area contributed by atoms with Crippen LogP contribution in [0.25, 0.3) is 0 Å². The van der Waals surface area contributed by atoms with E-state index in [0.717, 1.165) is 5.56 Å². The third-order valence-electron chi connectivity index (χ3n) is 3.55. The molecule has 0 aliphatic carbocycles. The zero-order chi connectivity index (χ0) is 17.1. The number of amides is 1. The van der Waals surface area contributed by atoms with Gasteiger partial charge in [0, 0.05) is 5.02 Å². The summed E-state index contributed by atoms with van der Waals surface area (Å²) in [6.45, 7) is 2.36. The van der Waals surface area contributed by atoms with Gasteiger partial charge in [0.25, 0.3) is 5.91 Å². The van der Waals surface area contributed by atoms with E-state index >= 15 is 0 Å². The summed E-state index contributed by atoms with van der Waals surface area (Å²) >= 11 is 11.9. The van der Waals surface area contributed by atoms with E-state index in [0.29, 0.717) is 28.0 Å². The smallest absolute Gasteiger partial charge is 0.278 e. The zero-order valence-corrected chi connectivity index (χ0v) is 14.3. The summed E-state index contributed by atoms with van der Waals surface area (Å²) in [5.74, 6) is -0.365. The van der Waals surface area contributed by atoms with E-state index in [1.54, 1.807) is 29.8 Å². The van der Waals surface area contributed by atoms with Crippen molar-refractivity contribution in [3.05, 3.63) is 75.5 Å². The number of benzene rings is 2. The van der Waals surface area contributed by atoms with Gasteiger partial charge in [-0.15, -0.1) is 5.10 Å². The first-order valence-electron chi connectivity index (χ1n) is 7.25. The molecule has 1 heterocycles. The fourth-order valence-electron chi connectivity index (χ4n) is 2.25. The molecular weight excluding hydrogens is 347 g/mol. The van der Waals surface area contributed by atoms with Crippen molar-refractivity contribution in [2.75, 3.05) is 5.32 Å². The van der Waals surface area contributed by atoms with Gasteiger partial charge in [-0.3, -0.25) is 4.79 Å². The number of nitrogens with one attached hydrogen (secondary N) is 1. The van der Waals surface area contributed by atoms with Crippen molar-refractivity contribution in [2.45, 2.75) is 13.5 Å². The van der Waals surface area contributed by atoms with Crippen LogP contribution in [0.3, 0.4) is 0 Å². The number of carbonyl (C=O) groups excluding carboxylic acids is 1. The number of rotatable bonds is 4.